The van der Waals surface area contributed by atoms with Crippen LogP contribution < -0.4 is 20.9 Å². The lowest BCUT2D eigenvalue weighted by molar-refractivity contribution is -0.139. The zero-order valence-electron chi connectivity index (χ0n) is 23.7. The third-order valence-corrected chi connectivity index (χ3v) is 7.74. The molecule has 2 aromatic rings. The van der Waals surface area contributed by atoms with E-state index in [1.165, 1.54) is 6.92 Å². The molecule has 1 fully saturated rings. The standard InChI is InChI=1S/C30H36F3N5O4/c1-3-21-16-22(30(31,32)33)14-18(2)26(21)27(40)36-24(28(41)42)15-19-4-6-23(7-5-19)38-12-9-20(10-13-38)17-35-29-34-11-8-25(39)37-29/h4-7,14,16,20,24H,3,8-13,15,17H2,1-2H3,(H,36,40)(H,41,42)(H2,34,35,37,39). The number of nitrogens with one attached hydrogen (secondary N) is 3. The normalized spacial score (nSPS) is 16.8. The van der Waals surface area contributed by atoms with Crippen molar-refractivity contribution in [1.29, 1.82) is 0 Å². The molecular weight excluding hydrogens is 551 g/mol. The summed E-state index contributed by atoms with van der Waals surface area (Å²) in [5, 5.41) is 18.6. The molecule has 0 saturated carbocycles. The van der Waals surface area contributed by atoms with Gasteiger partial charge in [0, 0.05) is 50.3 Å². The van der Waals surface area contributed by atoms with E-state index in [0.717, 1.165) is 50.3 Å². The molecule has 1 atom stereocenters. The minimum atomic E-state index is -4.54. The van der Waals surface area contributed by atoms with Crippen LogP contribution in [0.25, 0.3) is 0 Å². The number of carbonyl (C=O) groups excluding carboxylic acids is 2. The first kappa shape index (κ1) is 30.9. The lowest BCUT2D eigenvalue weighted by atomic mass is 9.95. The van der Waals surface area contributed by atoms with Crippen molar-refractivity contribution in [3.63, 3.8) is 0 Å². The summed E-state index contributed by atoms with van der Waals surface area (Å²) in [4.78, 5) is 42.8. The Balaban J connectivity index is 1.33. The summed E-state index contributed by atoms with van der Waals surface area (Å²) in [6, 6.07) is 8.11. The molecule has 2 aliphatic rings. The number of carbonyl (C=O) groups is 3. The maximum Gasteiger partial charge on any atom is 0.416 e. The Morgan fingerprint density at radius 1 is 1.17 bits per heavy atom. The van der Waals surface area contributed by atoms with Crippen molar-refractivity contribution < 1.29 is 32.7 Å². The van der Waals surface area contributed by atoms with Gasteiger partial charge in [0.05, 0.1) is 5.56 Å². The molecule has 4 rings (SSSR count). The number of alkyl halides is 3. The summed E-state index contributed by atoms with van der Waals surface area (Å²) in [6.07, 6.45) is -1.99. The van der Waals surface area contributed by atoms with Gasteiger partial charge in [-0.3, -0.25) is 9.59 Å². The fourth-order valence-electron chi connectivity index (χ4n) is 5.38. The number of anilines is 1. The highest BCUT2D eigenvalue weighted by Crippen LogP contribution is 2.32. The van der Waals surface area contributed by atoms with E-state index in [1.54, 1.807) is 6.92 Å². The van der Waals surface area contributed by atoms with Crippen LogP contribution in [0.1, 0.15) is 58.8 Å². The molecule has 2 aliphatic heterocycles. The number of aryl methyl sites for hydroxylation is 2. The summed E-state index contributed by atoms with van der Waals surface area (Å²) in [5.74, 6) is -1.07. The number of halogens is 3. The van der Waals surface area contributed by atoms with E-state index in [0.29, 0.717) is 30.4 Å². The van der Waals surface area contributed by atoms with Gasteiger partial charge in [-0.25, -0.2) is 4.79 Å². The van der Waals surface area contributed by atoms with Crippen LogP contribution in [0.2, 0.25) is 0 Å². The van der Waals surface area contributed by atoms with Gasteiger partial charge < -0.3 is 26.0 Å². The van der Waals surface area contributed by atoms with Gasteiger partial charge in [0.2, 0.25) is 0 Å². The van der Waals surface area contributed by atoms with Crippen LogP contribution in [0.5, 0.6) is 0 Å². The highest BCUT2D eigenvalue weighted by Gasteiger charge is 2.33. The van der Waals surface area contributed by atoms with Crippen molar-refractivity contribution >= 4 is 29.4 Å². The molecule has 0 radical (unpaired) electrons. The summed E-state index contributed by atoms with van der Waals surface area (Å²) in [6.45, 7) is 6.10. The monoisotopic (exact) mass is 587 g/mol. The van der Waals surface area contributed by atoms with Crippen molar-refractivity contribution in [1.82, 2.24) is 16.0 Å². The predicted molar refractivity (Wildman–Crippen MR) is 153 cm³/mol. The topological polar surface area (TPSA) is 123 Å². The Kier molecular flexibility index (Phi) is 9.74. The van der Waals surface area contributed by atoms with Crippen LogP contribution in [-0.4, -0.2) is 61.1 Å². The van der Waals surface area contributed by atoms with Gasteiger partial charge in [-0.2, -0.15) is 18.2 Å². The average molecular weight is 588 g/mol. The second-order valence-electron chi connectivity index (χ2n) is 10.8. The molecule has 42 heavy (non-hydrogen) atoms. The smallest absolute Gasteiger partial charge is 0.416 e. The predicted octanol–water partition coefficient (Wildman–Crippen LogP) is 3.68. The van der Waals surface area contributed by atoms with Crippen LogP contribution in [0.3, 0.4) is 0 Å². The number of hydrogen-bond donors (Lipinski definition) is 4. The maximum atomic E-state index is 13.2. The number of carboxylic acids is 1. The number of amides is 2. The quantitative estimate of drug-likeness (QED) is 0.353. The van der Waals surface area contributed by atoms with Gasteiger partial charge in [0.1, 0.15) is 6.04 Å². The number of aliphatic imine (C=N–C) groups is 1. The molecule has 9 nitrogen and oxygen atoms in total. The first-order valence-corrected chi connectivity index (χ1v) is 14.1. The van der Waals surface area contributed by atoms with Crippen molar-refractivity contribution in [3.8, 4) is 0 Å². The molecule has 2 heterocycles. The van der Waals surface area contributed by atoms with E-state index in [4.69, 9.17) is 0 Å². The third-order valence-electron chi connectivity index (χ3n) is 7.74. The largest absolute Gasteiger partial charge is 0.480 e. The van der Waals surface area contributed by atoms with Crippen molar-refractivity contribution in [2.45, 2.75) is 58.2 Å². The van der Waals surface area contributed by atoms with Crippen LogP contribution >= 0.6 is 0 Å². The molecule has 1 saturated heterocycles. The number of carboxylic acid groups (broad SMARTS) is 1. The Bertz CT molecular complexity index is 1340. The number of guanidine groups is 1. The van der Waals surface area contributed by atoms with E-state index >= 15 is 0 Å². The molecule has 0 bridgehead atoms. The molecular formula is C30H36F3N5O4. The van der Waals surface area contributed by atoms with E-state index in [2.05, 4.69) is 25.8 Å². The first-order valence-electron chi connectivity index (χ1n) is 14.1. The maximum absolute atomic E-state index is 13.2. The van der Waals surface area contributed by atoms with E-state index in [9.17, 15) is 32.7 Å². The van der Waals surface area contributed by atoms with E-state index < -0.39 is 29.7 Å². The van der Waals surface area contributed by atoms with Gasteiger partial charge in [0.15, 0.2) is 5.96 Å². The number of nitrogens with zero attached hydrogens (tertiary/aromatic N) is 2. The van der Waals surface area contributed by atoms with Gasteiger partial charge in [0.25, 0.3) is 11.8 Å². The number of hydrogen-bond acceptors (Lipinski definition) is 6. The van der Waals surface area contributed by atoms with E-state index in [1.807, 2.05) is 24.3 Å². The average Bonchev–Trinajstić information content (AvgIpc) is 2.95. The lowest BCUT2D eigenvalue weighted by Gasteiger charge is -2.34. The second-order valence-corrected chi connectivity index (χ2v) is 10.8. The van der Waals surface area contributed by atoms with Gasteiger partial charge in [-0.1, -0.05) is 19.1 Å². The fourth-order valence-corrected chi connectivity index (χ4v) is 5.38. The second kappa shape index (κ2) is 13.3. The Hall–Kier alpha value is -4.09. The van der Waals surface area contributed by atoms with Crippen molar-refractivity contribution in [3.05, 3.63) is 64.2 Å². The molecule has 4 N–H and O–H groups in total. The summed E-state index contributed by atoms with van der Waals surface area (Å²) in [5.41, 5.74) is 1.30. The number of piperidine rings is 1. The van der Waals surface area contributed by atoms with E-state index in [-0.39, 0.29) is 35.4 Å². The molecule has 0 aliphatic carbocycles. The number of aliphatic carboxylic acids is 1. The Morgan fingerprint density at radius 2 is 1.86 bits per heavy atom. The number of rotatable bonds is 9. The van der Waals surface area contributed by atoms with Gasteiger partial charge >= 0.3 is 12.1 Å². The highest BCUT2D eigenvalue weighted by atomic mass is 19.4. The van der Waals surface area contributed by atoms with Gasteiger partial charge in [-0.05, 0) is 73.1 Å². The molecule has 12 heteroatoms. The fraction of sp³-hybridized carbons (Fsp3) is 0.467. The number of benzene rings is 2. The SMILES string of the molecule is CCc1cc(C(F)(F)F)cc(C)c1C(=O)NC(Cc1ccc(N2CCC(CNC3=NC(=O)CCN3)CC2)cc1)C(=O)O. The zero-order valence-corrected chi connectivity index (χ0v) is 23.7. The van der Waals surface area contributed by atoms with Gasteiger partial charge in [-0.15, -0.1) is 0 Å². The molecule has 226 valence electrons. The molecule has 1 unspecified atom stereocenters. The van der Waals surface area contributed by atoms with Crippen LogP contribution in [0, 0.1) is 12.8 Å². The summed E-state index contributed by atoms with van der Waals surface area (Å²) >= 11 is 0. The summed E-state index contributed by atoms with van der Waals surface area (Å²) < 4.78 is 39.7. The van der Waals surface area contributed by atoms with Crippen LogP contribution in [0.15, 0.2) is 41.4 Å². The highest BCUT2D eigenvalue weighted by molar-refractivity contribution is 5.99. The van der Waals surface area contributed by atoms with Crippen molar-refractivity contribution in [2.24, 2.45) is 10.9 Å². The zero-order chi connectivity index (χ0) is 30.4. The Morgan fingerprint density at radius 3 is 2.45 bits per heavy atom. The van der Waals surface area contributed by atoms with Crippen LogP contribution in [-0.2, 0) is 28.6 Å². The molecule has 0 spiro atoms. The molecule has 2 amide bonds. The van der Waals surface area contributed by atoms with Crippen molar-refractivity contribution in [2.75, 3.05) is 31.1 Å². The minimum Gasteiger partial charge on any atom is -0.480 e. The first-order chi connectivity index (χ1) is 19.9. The van der Waals surface area contributed by atoms with Crippen LogP contribution in [0.4, 0.5) is 18.9 Å². The molecule has 0 aromatic heterocycles. The minimum absolute atomic E-state index is 0.0245. The Labute approximate surface area is 242 Å². The third kappa shape index (κ3) is 7.80. The lowest BCUT2D eigenvalue weighted by Crippen LogP contribution is -2.45. The molecule has 2 aromatic carbocycles. The summed E-state index contributed by atoms with van der Waals surface area (Å²) in [7, 11) is 0.